The van der Waals surface area contributed by atoms with Crippen molar-refractivity contribution < 1.29 is 8.42 Å². The smallest absolute Gasteiger partial charge is 0.223 e. The molecule has 7 nitrogen and oxygen atoms in total. The van der Waals surface area contributed by atoms with E-state index in [1.54, 1.807) is 38.1 Å². The van der Waals surface area contributed by atoms with E-state index in [0.29, 0.717) is 16.9 Å². The number of nitrogens with two attached hydrogens (primary N) is 2. The molecule has 0 radical (unpaired) electrons. The largest absolute Gasteiger partial charge is 0.383 e. The van der Waals surface area contributed by atoms with Crippen LogP contribution in [0.15, 0.2) is 30.3 Å². The second kappa shape index (κ2) is 5.09. The number of rotatable bonds is 3. The minimum atomic E-state index is -3.60. The number of benzene rings is 1. The van der Waals surface area contributed by atoms with Crippen LogP contribution in [0.5, 0.6) is 0 Å². The van der Waals surface area contributed by atoms with E-state index in [9.17, 15) is 8.42 Å². The average molecular weight is 333 g/mol. The van der Waals surface area contributed by atoms with Crippen LogP contribution < -0.4 is 16.8 Å². The Bertz CT molecular complexity index is 852. The molecule has 0 bridgehead atoms. The summed E-state index contributed by atoms with van der Waals surface area (Å²) in [6.45, 7) is 3.47. The van der Waals surface area contributed by atoms with Crippen LogP contribution in [0.3, 0.4) is 0 Å². The van der Waals surface area contributed by atoms with Gasteiger partial charge >= 0.3 is 0 Å². The van der Waals surface area contributed by atoms with Crippen LogP contribution in [-0.2, 0) is 14.6 Å². The summed E-state index contributed by atoms with van der Waals surface area (Å²) < 4.78 is 25.2. The highest BCUT2D eigenvalue weighted by Gasteiger charge is 2.54. The molecular weight excluding hydrogens is 314 g/mol. The first-order valence-corrected chi connectivity index (χ1v) is 8.81. The van der Waals surface area contributed by atoms with Crippen molar-refractivity contribution >= 4 is 27.4 Å². The lowest BCUT2D eigenvalue weighted by Gasteiger charge is -2.31. The van der Waals surface area contributed by atoms with Gasteiger partial charge in [-0.3, -0.25) is 0 Å². The lowest BCUT2D eigenvalue weighted by molar-refractivity contribution is 0.555. The molecule has 1 aliphatic rings. The van der Waals surface area contributed by atoms with Gasteiger partial charge in [-0.25, -0.2) is 8.42 Å². The van der Waals surface area contributed by atoms with E-state index in [1.165, 1.54) is 0 Å². The summed E-state index contributed by atoms with van der Waals surface area (Å²) in [7, 11) is -3.60. The third kappa shape index (κ3) is 2.05. The minimum Gasteiger partial charge on any atom is -0.383 e. The fraction of sp³-hybridized carbons (Fsp3) is 0.333. The molecule has 8 heteroatoms. The molecule has 2 aromatic rings. The molecule has 1 unspecified atom stereocenters. The fourth-order valence-corrected chi connectivity index (χ4v) is 5.11. The van der Waals surface area contributed by atoms with Gasteiger partial charge in [0.05, 0.1) is 10.8 Å². The maximum absolute atomic E-state index is 13.3. The van der Waals surface area contributed by atoms with Crippen molar-refractivity contribution in [1.29, 1.82) is 0 Å². The Balaban J connectivity index is 2.40. The van der Waals surface area contributed by atoms with E-state index in [-0.39, 0.29) is 18.3 Å². The Morgan fingerprint density at radius 3 is 2.43 bits per heavy atom. The Hall–Kier alpha value is -2.35. The number of hydrogen-bond donors (Lipinski definition) is 3. The SMILES string of the molecule is CC(C)S(=O)(=O)C1(c2ccccc2)CNc2nc(N)nc(N)c21. The number of anilines is 3. The molecule has 0 fully saturated rings. The van der Waals surface area contributed by atoms with Gasteiger partial charge in [-0.05, 0) is 19.4 Å². The third-order valence-corrected chi connectivity index (χ3v) is 7.01. The fourth-order valence-electron chi connectivity index (χ4n) is 3.08. The van der Waals surface area contributed by atoms with Crippen molar-refractivity contribution in [1.82, 2.24) is 9.97 Å². The molecule has 0 saturated carbocycles. The van der Waals surface area contributed by atoms with Crippen LogP contribution in [0.2, 0.25) is 0 Å². The number of nitrogen functional groups attached to an aromatic ring is 2. The molecule has 0 amide bonds. The van der Waals surface area contributed by atoms with Crippen molar-refractivity contribution in [3.05, 3.63) is 41.5 Å². The number of hydrogen-bond acceptors (Lipinski definition) is 7. The maximum Gasteiger partial charge on any atom is 0.223 e. The van der Waals surface area contributed by atoms with Gasteiger partial charge < -0.3 is 16.8 Å². The number of aromatic nitrogens is 2. The summed E-state index contributed by atoms with van der Waals surface area (Å²) in [6, 6.07) is 9.02. The summed E-state index contributed by atoms with van der Waals surface area (Å²) >= 11 is 0. The molecule has 23 heavy (non-hydrogen) atoms. The number of nitrogens with one attached hydrogen (secondary N) is 1. The number of fused-ring (bicyclic) bond motifs is 1. The zero-order valence-corrected chi connectivity index (χ0v) is 13.8. The topological polar surface area (TPSA) is 124 Å². The highest BCUT2D eigenvalue weighted by molar-refractivity contribution is 7.93. The van der Waals surface area contributed by atoms with E-state index in [0.717, 1.165) is 0 Å². The predicted molar refractivity (Wildman–Crippen MR) is 90.6 cm³/mol. The highest BCUT2D eigenvalue weighted by Crippen LogP contribution is 2.48. The molecule has 1 atom stereocenters. The van der Waals surface area contributed by atoms with Crippen LogP contribution in [0.4, 0.5) is 17.6 Å². The van der Waals surface area contributed by atoms with E-state index in [1.807, 2.05) is 6.07 Å². The zero-order chi connectivity index (χ0) is 16.8. The molecule has 0 aliphatic carbocycles. The van der Waals surface area contributed by atoms with E-state index in [4.69, 9.17) is 11.5 Å². The normalized spacial score (nSPS) is 20.3. The van der Waals surface area contributed by atoms with E-state index < -0.39 is 19.8 Å². The van der Waals surface area contributed by atoms with Gasteiger partial charge in [-0.15, -0.1) is 0 Å². The number of sulfone groups is 1. The van der Waals surface area contributed by atoms with E-state index in [2.05, 4.69) is 15.3 Å². The van der Waals surface area contributed by atoms with Crippen LogP contribution in [0.25, 0.3) is 0 Å². The molecule has 0 saturated heterocycles. The molecule has 2 heterocycles. The summed E-state index contributed by atoms with van der Waals surface area (Å²) in [5.74, 6) is 0.480. The highest BCUT2D eigenvalue weighted by atomic mass is 32.2. The Morgan fingerprint density at radius 1 is 1.17 bits per heavy atom. The van der Waals surface area contributed by atoms with Gasteiger partial charge in [-0.2, -0.15) is 9.97 Å². The summed E-state index contributed by atoms with van der Waals surface area (Å²) in [5, 5.41) is 2.45. The van der Waals surface area contributed by atoms with Crippen molar-refractivity contribution in [2.24, 2.45) is 0 Å². The minimum absolute atomic E-state index is 0.0135. The molecule has 1 aromatic carbocycles. The molecule has 122 valence electrons. The lowest BCUT2D eigenvalue weighted by Crippen LogP contribution is -2.43. The molecule has 3 rings (SSSR count). The van der Waals surface area contributed by atoms with Gasteiger partial charge in [-0.1, -0.05) is 30.3 Å². The van der Waals surface area contributed by atoms with Crippen LogP contribution >= 0.6 is 0 Å². The Morgan fingerprint density at radius 2 is 1.83 bits per heavy atom. The standard InChI is InChI=1S/C15H19N5O2S/c1-9(2)23(21,22)15(10-6-4-3-5-7-10)8-18-13-11(15)12(16)19-14(17)20-13/h3-7,9H,8H2,1-2H3,(H5,16,17,18,19,20). The quantitative estimate of drug-likeness (QED) is 0.769. The Kier molecular flexibility index (Phi) is 3.44. The van der Waals surface area contributed by atoms with Gasteiger partial charge in [0, 0.05) is 6.54 Å². The van der Waals surface area contributed by atoms with Gasteiger partial charge in [0.15, 0.2) is 9.84 Å². The van der Waals surface area contributed by atoms with Gasteiger partial charge in [0.25, 0.3) is 0 Å². The molecule has 5 N–H and O–H groups in total. The first-order chi connectivity index (χ1) is 10.8. The van der Waals surface area contributed by atoms with Crippen molar-refractivity contribution in [2.45, 2.75) is 23.8 Å². The molecule has 1 aromatic heterocycles. The van der Waals surface area contributed by atoms with Crippen molar-refractivity contribution in [3.8, 4) is 0 Å². The van der Waals surface area contributed by atoms with Gasteiger partial charge in [0.1, 0.15) is 16.4 Å². The summed E-state index contributed by atoms with van der Waals surface area (Å²) in [6.07, 6.45) is 0. The first kappa shape index (κ1) is 15.5. The van der Waals surface area contributed by atoms with E-state index >= 15 is 0 Å². The van der Waals surface area contributed by atoms with Gasteiger partial charge in [0.2, 0.25) is 5.95 Å². The van der Waals surface area contributed by atoms with Crippen LogP contribution in [0.1, 0.15) is 25.0 Å². The van der Waals surface area contributed by atoms with Crippen LogP contribution in [-0.4, -0.2) is 30.2 Å². The molecule has 0 spiro atoms. The lowest BCUT2D eigenvalue weighted by atomic mass is 9.93. The zero-order valence-electron chi connectivity index (χ0n) is 12.9. The number of nitrogens with zero attached hydrogens (tertiary/aromatic N) is 2. The van der Waals surface area contributed by atoms with Crippen molar-refractivity contribution in [3.63, 3.8) is 0 Å². The summed E-state index contributed by atoms with van der Waals surface area (Å²) in [5.41, 5.74) is 12.7. The summed E-state index contributed by atoms with van der Waals surface area (Å²) in [4.78, 5) is 8.10. The average Bonchev–Trinajstić information content (AvgIpc) is 2.89. The third-order valence-electron chi connectivity index (χ3n) is 4.21. The molecule has 1 aliphatic heterocycles. The first-order valence-electron chi connectivity index (χ1n) is 7.27. The Labute approximate surface area is 135 Å². The second-order valence-electron chi connectivity index (χ2n) is 5.83. The monoisotopic (exact) mass is 333 g/mol. The van der Waals surface area contributed by atoms with Crippen molar-refractivity contribution in [2.75, 3.05) is 23.3 Å². The molecular formula is C15H19N5O2S. The predicted octanol–water partition coefficient (Wildman–Crippen LogP) is 1.13. The van der Waals surface area contributed by atoms with Crippen LogP contribution in [0, 0.1) is 0 Å². The maximum atomic E-state index is 13.3. The second-order valence-corrected chi connectivity index (χ2v) is 8.56.